The molecule has 4 nitrogen and oxygen atoms in total. The van der Waals surface area contributed by atoms with Crippen molar-refractivity contribution in [2.24, 2.45) is 0 Å². The normalized spacial score (nSPS) is 12.2. The Morgan fingerprint density at radius 3 is 1.14 bits per heavy atom. The van der Waals surface area contributed by atoms with Gasteiger partial charge in [0.15, 0.2) is 11.6 Å². The lowest BCUT2D eigenvalue weighted by atomic mass is 9.93. The predicted octanol–water partition coefficient (Wildman–Crippen LogP) is 10.7. The van der Waals surface area contributed by atoms with E-state index in [1.807, 2.05) is 36.0 Å². The quantitative estimate of drug-likeness (QED) is 0.0898. The van der Waals surface area contributed by atoms with Crippen molar-refractivity contribution in [2.75, 3.05) is 5.75 Å². The first kappa shape index (κ1) is 38.2. The first-order valence-electron chi connectivity index (χ1n) is 17.3. The standard InChI is InChI=1S/C39H60O4S/c1-6-7-8-9-10-11-12-13-14-15-16-17-18-19-20-21-30-44-35(31-22-26-33(27-23-31)36(40)38(2,3)42)32-24-28-34(29-25-32)37(41)39(4,5)43/h22-29,35,42-43H,6-21,30H2,1-5H3. The zero-order valence-corrected chi connectivity index (χ0v) is 29.2. The SMILES string of the molecule is CCCCCCCCCCCCCCCCCCSC(c1ccc(C(=O)C(C)(C)O)cc1)c1ccc(C(=O)C(C)(C)O)cc1. The molecule has 0 amide bonds. The largest absolute Gasteiger partial charge is 0.382 e. The van der Waals surface area contributed by atoms with Gasteiger partial charge in [-0.05, 0) is 51.0 Å². The summed E-state index contributed by atoms with van der Waals surface area (Å²) in [4.78, 5) is 25.1. The number of ketones is 2. The summed E-state index contributed by atoms with van der Waals surface area (Å²) >= 11 is 1.89. The summed E-state index contributed by atoms with van der Waals surface area (Å²) in [6, 6.07) is 15.1. The molecule has 0 heterocycles. The first-order chi connectivity index (χ1) is 20.9. The van der Waals surface area contributed by atoms with Crippen molar-refractivity contribution in [3.05, 3.63) is 70.8 Å². The van der Waals surface area contributed by atoms with E-state index in [0.29, 0.717) is 11.1 Å². The third kappa shape index (κ3) is 14.4. The van der Waals surface area contributed by atoms with E-state index in [1.54, 1.807) is 24.3 Å². The summed E-state index contributed by atoms with van der Waals surface area (Å²) in [7, 11) is 0. The van der Waals surface area contributed by atoms with Crippen LogP contribution in [0.2, 0.25) is 0 Å². The molecule has 0 bridgehead atoms. The lowest BCUT2D eigenvalue weighted by Crippen LogP contribution is -2.31. The molecule has 0 aliphatic carbocycles. The van der Waals surface area contributed by atoms with Crippen molar-refractivity contribution in [3.8, 4) is 0 Å². The van der Waals surface area contributed by atoms with E-state index in [1.165, 1.54) is 124 Å². The predicted molar refractivity (Wildman–Crippen MR) is 188 cm³/mol. The second-order valence-corrected chi connectivity index (χ2v) is 14.8. The van der Waals surface area contributed by atoms with Crippen molar-refractivity contribution in [2.45, 2.75) is 154 Å². The summed E-state index contributed by atoms with van der Waals surface area (Å²) in [5, 5.41) is 20.3. The number of carbonyl (C=O) groups excluding carboxylic acids is 2. The number of carbonyl (C=O) groups is 2. The van der Waals surface area contributed by atoms with Crippen LogP contribution in [-0.2, 0) is 0 Å². The average molecular weight is 625 g/mol. The minimum atomic E-state index is -1.41. The smallest absolute Gasteiger partial charge is 0.193 e. The number of unbranched alkanes of at least 4 members (excludes halogenated alkanes) is 15. The Balaban J connectivity index is 1.80. The second-order valence-electron chi connectivity index (χ2n) is 13.6. The maximum absolute atomic E-state index is 12.5. The van der Waals surface area contributed by atoms with Crippen LogP contribution >= 0.6 is 11.8 Å². The van der Waals surface area contributed by atoms with Gasteiger partial charge in [0, 0.05) is 11.1 Å². The van der Waals surface area contributed by atoms with Crippen LogP contribution in [0.15, 0.2) is 48.5 Å². The molecule has 246 valence electrons. The molecule has 5 heteroatoms. The van der Waals surface area contributed by atoms with Crippen molar-refractivity contribution < 1.29 is 19.8 Å². The number of Topliss-reactive ketones (excluding diaryl/α,β-unsaturated/α-hetero) is 2. The van der Waals surface area contributed by atoms with Crippen molar-refractivity contribution >= 4 is 23.3 Å². The molecule has 0 aliphatic rings. The van der Waals surface area contributed by atoms with Gasteiger partial charge >= 0.3 is 0 Å². The van der Waals surface area contributed by atoms with Crippen LogP contribution in [0.5, 0.6) is 0 Å². The van der Waals surface area contributed by atoms with E-state index < -0.39 is 11.2 Å². The van der Waals surface area contributed by atoms with Crippen LogP contribution < -0.4 is 0 Å². The molecule has 0 radical (unpaired) electrons. The molecular formula is C39H60O4S. The average Bonchev–Trinajstić information content (AvgIpc) is 2.99. The minimum Gasteiger partial charge on any atom is -0.382 e. The Labute approximate surface area is 272 Å². The Morgan fingerprint density at radius 1 is 0.545 bits per heavy atom. The van der Waals surface area contributed by atoms with E-state index in [9.17, 15) is 19.8 Å². The molecule has 44 heavy (non-hydrogen) atoms. The first-order valence-corrected chi connectivity index (χ1v) is 18.4. The summed E-state index contributed by atoms with van der Waals surface area (Å²) in [6.07, 6.45) is 21.7. The Kier molecular flexibility index (Phi) is 17.6. The van der Waals surface area contributed by atoms with Crippen LogP contribution in [0.3, 0.4) is 0 Å². The summed E-state index contributed by atoms with van der Waals surface area (Å²) < 4.78 is 0. The van der Waals surface area contributed by atoms with Crippen molar-refractivity contribution in [1.82, 2.24) is 0 Å². The van der Waals surface area contributed by atoms with Crippen LogP contribution in [-0.4, -0.2) is 38.7 Å². The highest BCUT2D eigenvalue weighted by atomic mass is 32.2. The number of benzene rings is 2. The number of hydrogen-bond acceptors (Lipinski definition) is 5. The van der Waals surface area contributed by atoms with Crippen LogP contribution in [0.4, 0.5) is 0 Å². The van der Waals surface area contributed by atoms with Crippen LogP contribution in [0.25, 0.3) is 0 Å². The van der Waals surface area contributed by atoms with E-state index in [0.717, 1.165) is 23.3 Å². The maximum atomic E-state index is 12.5. The summed E-state index contributed by atoms with van der Waals surface area (Å²) in [5.74, 6) is 0.435. The Hall–Kier alpha value is -1.95. The third-order valence-corrected chi connectivity index (χ3v) is 9.75. The molecule has 2 rings (SSSR count). The topological polar surface area (TPSA) is 74.6 Å². The highest BCUT2D eigenvalue weighted by Crippen LogP contribution is 2.37. The highest BCUT2D eigenvalue weighted by Gasteiger charge is 2.27. The number of hydrogen-bond donors (Lipinski definition) is 2. The molecule has 2 aromatic rings. The van der Waals surface area contributed by atoms with Crippen molar-refractivity contribution in [1.29, 1.82) is 0 Å². The fraction of sp³-hybridized carbons (Fsp3) is 0.641. The van der Waals surface area contributed by atoms with Gasteiger partial charge in [0.1, 0.15) is 11.2 Å². The van der Waals surface area contributed by atoms with E-state index >= 15 is 0 Å². The van der Waals surface area contributed by atoms with E-state index in [4.69, 9.17) is 0 Å². The minimum absolute atomic E-state index is 0.0592. The van der Waals surface area contributed by atoms with Crippen LogP contribution in [0.1, 0.15) is 174 Å². The molecule has 0 atom stereocenters. The van der Waals surface area contributed by atoms with Gasteiger partial charge in [-0.25, -0.2) is 0 Å². The molecular weight excluding hydrogens is 564 g/mol. The summed E-state index contributed by atoms with van der Waals surface area (Å²) in [6.45, 7) is 8.32. The van der Waals surface area contributed by atoms with Gasteiger partial charge in [-0.1, -0.05) is 152 Å². The maximum Gasteiger partial charge on any atom is 0.193 e. The molecule has 2 aromatic carbocycles. The van der Waals surface area contributed by atoms with E-state index in [-0.39, 0.29) is 16.8 Å². The van der Waals surface area contributed by atoms with E-state index in [2.05, 4.69) is 6.92 Å². The molecule has 0 saturated heterocycles. The molecule has 0 unspecified atom stereocenters. The molecule has 0 aliphatic heterocycles. The lowest BCUT2D eigenvalue weighted by molar-refractivity contribution is 0.0487. The van der Waals surface area contributed by atoms with Gasteiger partial charge < -0.3 is 10.2 Å². The van der Waals surface area contributed by atoms with Gasteiger partial charge in [-0.3, -0.25) is 9.59 Å². The number of rotatable bonds is 24. The molecule has 2 N–H and O–H groups in total. The molecule has 0 fully saturated rings. The van der Waals surface area contributed by atoms with Crippen molar-refractivity contribution in [3.63, 3.8) is 0 Å². The molecule has 0 aromatic heterocycles. The molecule has 0 spiro atoms. The van der Waals surface area contributed by atoms with Gasteiger partial charge in [0.2, 0.25) is 0 Å². The van der Waals surface area contributed by atoms with Gasteiger partial charge in [0.05, 0.1) is 5.25 Å². The summed E-state index contributed by atoms with van der Waals surface area (Å²) in [5.41, 5.74) is 0.334. The fourth-order valence-electron chi connectivity index (χ4n) is 5.56. The highest BCUT2D eigenvalue weighted by molar-refractivity contribution is 7.99. The molecule has 0 saturated carbocycles. The van der Waals surface area contributed by atoms with Gasteiger partial charge in [-0.15, -0.1) is 11.8 Å². The zero-order chi connectivity index (χ0) is 32.4. The lowest BCUT2D eigenvalue weighted by Gasteiger charge is -2.20. The third-order valence-electron chi connectivity index (χ3n) is 8.34. The van der Waals surface area contributed by atoms with Gasteiger partial charge in [-0.2, -0.15) is 0 Å². The van der Waals surface area contributed by atoms with Crippen LogP contribution in [0, 0.1) is 0 Å². The second kappa shape index (κ2) is 20.2. The Bertz CT molecular complexity index is 1010. The Morgan fingerprint density at radius 2 is 0.841 bits per heavy atom. The monoisotopic (exact) mass is 624 g/mol. The fourth-order valence-corrected chi connectivity index (χ4v) is 6.87. The zero-order valence-electron chi connectivity index (χ0n) is 28.3. The number of aliphatic hydroxyl groups is 2. The van der Waals surface area contributed by atoms with Gasteiger partial charge in [0.25, 0.3) is 0 Å². The number of thioether (sulfide) groups is 1.